The summed E-state index contributed by atoms with van der Waals surface area (Å²) in [5.74, 6) is 0.202. The highest BCUT2D eigenvalue weighted by atomic mass is 16.5. The van der Waals surface area contributed by atoms with Crippen molar-refractivity contribution in [3.63, 3.8) is 0 Å². The van der Waals surface area contributed by atoms with E-state index in [0.29, 0.717) is 26.4 Å². The van der Waals surface area contributed by atoms with Crippen LogP contribution < -0.4 is 0 Å². The largest absolute Gasteiger partial charge is 0.381 e. The number of rotatable bonds is 7. The predicted octanol–water partition coefficient (Wildman–Crippen LogP) is 1.03. The first-order chi connectivity index (χ1) is 7.20. The second-order valence-electron chi connectivity index (χ2n) is 4.00. The minimum absolute atomic E-state index is 0.0519. The molecule has 4 nitrogen and oxygen atoms in total. The molecule has 4 heteroatoms. The fraction of sp³-hybridized carbons (Fsp3) is 0.909. The van der Waals surface area contributed by atoms with Crippen molar-refractivity contribution in [3.8, 4) is 0 Å². The number of ether oxygens (including phenoxy) is 3. The van der Waals surface area contributed by atoms with Crippen LogP contribution in [-0.4, -0.2) is 44.9 Å². The maximum Gasteiger partial charge on any atom is 0.163 e. The van der Waals surface area contributed by atoms with Gasteiger partial charge in [0, 0.05) is 12.5 Å². The maximum absolute atomic E-state index is 11.5. The predicted molar refractivity (Wildman–Crippen MR) is 55.8 cm³/mol. The zero-order chi connectivity index (χ0) is 11.1. The lowest BCUT2D eigenvalue weighted by Gasteiger charge is -2.09. The normalized spacial score (nSPS) is 21.1. The van der Waals surface area contributed by atoms with E-state index in [2.05, 4.69) is 0 Å². The number of Topliss-reactive ketones (excluding diaryl/α,β-unsaturated/α-hetero) is 1. The first-order valence-electron chi connectivity index (χ1n) is 5.50. The van der Waals surface area contributed by atoms with Crippen molar-refractivity contribution >= 4 is 5.78 Å². The van der Waals surface area contributed by atoms with Crippen molar-refractivity contribution in [3.05, 3.63) is 0 Å². The number of hydrogen-bond acceptors (Lipinski definition) is 4. The standard InChI is InChI=1S/C11H20O4/c1-9(2)15-6-5-14-8-11(12)10-3-4-13-7-10/h9-10H,3-8H2,1-2H3. The van der Waals surface area contributed by atoms with Gasteiger partial charge in [0.15, 0.2) is 5.78 Å². The molecular formula is C11H20O4. The van der Waals surface area contributed by atoms with Crippen molar-refractivity contribution in [2.45, 2.75) is 26.4 Å². The van der Waals surface area contributed by atoms with E-state index in [4.69, 9.17) is 14.2 Å². The fourth-order valence-electron chi connectivity index (χ4n) is 1.42. The molecule has 1 unspecified atom stereocenters. The van der Waals surface area contributed by atoms with Crippen LogP contribution in [0.3, 0.4) is 0 Å². The molecule has 0 spiro atoms. The van der Waals surface area contributed by atoms with Crippen molar-refractivity contribution < 1.29 is 19.0 Å². The van der Waals surface area contributed by atoms with Crippen LogP contribution in [-0.2, 0) is 19.0 Å². The molecule has 0 aromatic rings. The number of hydrogen-bond donors (Lipinski definition) is 0. The van der Waals surface area contributed by atoms with Gasteiger partial charge in [-0.05, 0) is 20.3 Å². The van der Waals surface area contributed by atoms with Gasteiger partial charge in [-0.25, -0.2) is 0 Å². The molecule has 1 aliphatic heterocycles. The third kappa shape index (κ3) is 5.25. The van der Waals surface area contributed by atoms with Gasteiger partial charge in [-0.15, -0.1) is 0 Å². The molecule has 1 rings (SSSR count). The van der Waals surface area contributed by atoms with Gasteiger partial charge in [0.2, 0.25) is 0 Å². The van der Waals surface area contributed by atoms with E-state index in [1.165, 1.54) is 0 Å². The van der Waals surface area contributed by atoms with Gasteiger partial charge in [-0.2, -0.15) is 0 Å². The van der Waals surface area contributed by atoms with Gasteiger partial charge in [0.1, 0.15) is 6.61 Å². The molecule has 0 amide bonds. The Labute approximate surface area is 90.9 Å². The van der Waals surface area contributed by atoms with Gasteiger partial charge in [0.25, 0.3) is 0 Å². The summed E-state index contributed by atoms with van der Waals surface area (Å²) in [6.45, 7) is 6.43. The Bertz CT molecular complexity index is 185. The Balaban J connectivity index is 1.97. The van der Waals surface area contributed by atoms with Gasteiger partial charge >= 0.3 is 0 Å². The summed E-state index contributed by atoms with van der Waals surface area (Å²) >= 11 is 0. The molecule has 0 aromatic carbocycles. The molecular weight excluding hydrogens is 196 g/mol. The number of ketones is 1. The molecule has 15 heavy (non-hydrogen) atoms. The monoisotopic (exact) mass is 216 g/mol. The summed E-state index contributed by atoms with van der Waals surface area (Å²) in [6, 6.07) is 0. The van der Waals surface area contributed by atoms with Gasteiger partial charge in [-0.1, -0.05) is 0 Å². The molecule has 0 radical (unpaired) electrons. The Morgan fingerprint density at radius 2 is 2.27 bits per heavy atom. The summed E-state index contributed by atoms with van der Waals surface area (Å²) in [4.78, 5) is 11.5. The topological polar surface area (TPSA) is 44.8 Å². The highest BCUT2D eigenvalue weighted by molar-refractivity contribution is 5.82. The highest BCUT2D eigenvalue weighted by Gasteiger charge is 2.22. The first kappa shape index (κ1) is 12.6. The SMILES string of the molecule is CC(C)OCCOCC(=O)C1CCOC1. The van der Waals surface area contributed by atoms with Crippen molar-refractivity contribution in [2.75, 3.05) is 33.0 Å². The molecule has 1 fully saturated rings. The van der Waals surface area contributed by atoms with Crippen LogP contribution in [0.25, 0.3) is 0 Å². The minimum atomic E-state index is 0.0519. The lowest BCUT2D eigenvalue weighted by Crippen LogP contribution is -2.21. The van der Waals surface area contributed by atoms with E-state index in [0.717, 1.165) is 6.42 Å². The van der Waals surface area contributed by atoms with Crippen LogP contribution in [0.2, 0.25) is 0 Å². The molecule has 0 bridgehead atoms. The summed E-state index contributed by atoms with van der Waals surface area (Å²) in [5, 5.41) is 0. The Morgan fingerprint density at radius 3 is 2.87 bits per heavy atom. The lowest BCUT2D eigenvalue weighted by atomic mass is 10.0. The molecule has 1 aliphatic rings. The summed E-state index contributed by atoms with van der Waals surface area (Å²) in [7, 11) is 0. The molecule has 1 saturated heterocycles. The highest BCUT2D eigenvalue weighted by Crippen LogP contribution is 2.13. The smallest absolute Gasteiger partial charge is 0.163 e. The summed E-state index contributed by atoms with van der Waals surface area (Å²) in [5.41, 5.74) is 0. The first-order valence-corrected chi connectivity index (χ1v) is 5.50. The van der Waals surface area contributed by atoms with Gasteiger partial charge < -0.3 is 14.2 Å². The van der Waals surface area contributed by atoms with Crippen molar-refractivity contribution in [1.29, 1.82) is 0 Å². The van der Waals surface area contributed by atoms with E-state index >= 15 is 0 Å². The molecule has 0 N–H and O–H groups in total. The van der Waals surface area contributed by atoms with Crippen LogP contribution in [0.4, 0.5) is 0 Å². The minimum Gasteiger partial charge on any atom is -0.381 e. The average Bonchev–Trinajstić information content (AvgIpc) is 2.69. The van der Waals surface area contributed by atoms with Crippen molar-refractivity contribution in [1.82, 2.24) is 0 Å². The van der Waals surface area contributed by atoms with Crippen LogP contribution in [0.15, 0.2) is 0 Å². The zero-order valence-corrected chi connectivity index (χ0v) is 9.53. The maximum atomic E-state index is 11.5. The molecule has 1 heterocycles. The third-order valence-electron chi connectivity index (χ3n) is 2.31. The van der Waals surface area contributed by atoms with Crippen molar-refractivity contribution in [2.24, 2.45) is 5.92 Å². The lowest BCUT2D eigenvalue weighted by molar-refractivity contribution is -0.128. The molecule has 0 saturated carbocycles. The second-order valence-corrected chi connectivity index (χ2v) is 4.00. The second kappa shape index (κ2) is 6.93. The number of carbonyl (C=O) groups is 1. The Hall–Kier alpha value is -0.450. The van der Waals surface area contributed by atoms with Gasteiger partial charge in [0.05, 0.1) is 25.9 Å². The Kier molecular flexibility index (Phi) is 5.83. The van der Waals surface area contributed by atoms with E-state index < -0.39 is 0 Å². The Morgan fingerprint density at radius 1 is 1.47 bits per heavy atom. The fourth-order valence-corrected chi connectivity index (χ4v) is 1.42. The van der Waals surface area contributed by atoms with E-state index in [9.17, 15) is 4.79 Å². The van der Waals surface area contributed by atoms with E-state index in [1.54, 1.807) is 0 Å². The molecule has 88 valence electrons. The molecule has 0 aliphatic carbocycles. The average molecular weight is 216 g/mol. The van der Waals surface area contributed by atoms with E-state index in [1.807, 2.05) is 13.8 Å². The van der Waals surface area contributed by atoms with Crippen LogP contribution >= 0.6 is 0 Å². The van der Waals surface area contributed by atoms with E-state index in [-0.39, 0.29) is 24.4 Å². The number of carbonyl (C=O) groups excluding carboxylic acids is 1. The zero-order valence-electron chi connectivity index (χ0n) is 9.53. The van der Waals surface area contributed by atoms with Gasteiger partial charge in [-0.3, -0.25) is 4.79 Å². The van der Waals surface area contributed by atoms with Crippen LogP contribution in [0.5, 0.6) is 0 Å². The summed E-state index contributed by atoms with van der Waals surface area (Å²) < 4.78 is 15.7. The van der Waals surface area contributed by atoms with Crippen LogP contribution in [0, 0.1) is 5.92 Å². The molecule has 1 atom stereocenters. The molecule has 0 aromatic heterocycles. The summed E-state index contributed by atoms with van der Waals surface area (Å²) in [6.07, 6.45) is 1.05. The van der Waals surface area contributed by atoms with Crippen LogP contribution in [0.1, 0.15) is 20.3 Å². The third-order valence-corrected chi connectivity index (χ3v) is 2.31. The quantitative estimate of drug-likeness (QED) is 0.596.